The molecule has 1 atom stereocenters. The Kier molecular flexibility index (Phi) is 4.11. The predicted octanol–water partition coefficient (Wildman–Crippen LogP) is 4.00. The molecule has 1 amide bonds. The van der Waals surface area contributed by atoms with Gasteiger partial charge in [0.15, 0.2) is 10.8 Å². The van der Waals surface area contributed by atoms with E-state index in [2.05, 4.69) is 15.5 Å². The minimum absolute atomic E-state index is 0.0611. The molecule has 2 aromatic carbocycles. The van der Waals surface area contributed by atoms with Crippen LogP contribution in [0, 0.1) is 0 Å². The Hall–Kier alpha value is -2.86. The second kappa shape index (κ2) is 6.57. The van der Waals surface area contributed by atoms with Crippen molar-refractivity contribution >= 4 is 39.8 Å². The Bertz CT molecular complexity index is 1050. The third-order valence-electron chi connectivity index (χ3n) is 3.98. The minimum atomic E-state index is -0.299. The van der Waals surface area contributed by atoms with Gasteiger partial charge in [0.2, 0.25) is 5.91 Å². The maximum absolute atomic E-state index is 12.6. The monoisotopic (exact) mass is 348 g/mol. The molecule has 1 N–H and O–H groups in total. The smallest absolute Gasteiger partial charge is 0.237 e. The summed E-state index contributed by atoms with van der Waals surface area (Å²) in [5.74, 6) is -0.0611. The molecule has 0 aliphatic carbocycles. The Morgan fingerprint density at radius 3 is 2.76 bits per heavy atom. The van der Waals surface area contributed by atoms with Gasteiger partial charge < -0.3 is 5.32 Å². The molecule has 2 aromatic heterocycles. The number of benzene rings is 2. The molecule has 4 aromatic rings. The van der Waals surface area contributed by atoms with Crippen LogP contribution in [0.2, 0.25) is 0 Å². The summed E-state index contributed by atoms with van der Waals surface area (Å²) < 4.78 is 1.88. The molecule has 0 aliphatic heterocycles. The van der Waals surface area contributed by atoms with Crippen LogP contribution >= 0.6 is 11.8 Å². The summed E-state index contributed by atoms with van der Waals surface area (Å²) in [6.45, 7) is 1.87. The fraction of sp³-hybridized carbons (Fsp3) is 0.105. The molecule has 0 saturated heterocycles. The summed E-state index contributed by atoms with van der Waals surface area (Å²) >= 11 is 1.39. The summed E-state index contributed by atoms with van der Waals surface area (Å²) in [4.78, 5) is 12.6. The van der Waals surface area contributed by atoms with Gasteiger partial charge in [-0.05, 0) is 30.5 Å². The maximum atomic E-state index is 12.6. The van der Waals surface area contributed by atoms with Gasteiger partial charge in [0.1, 0.15) is 0 Å². The van der Waals surface area contributed by atoms with Crippen molar-refractivity contribution in [2.75, 3.05) is 5.32 Å². The Labute approximate surface area is 149 Å². The van der Waals surface area contributed by atoms with E-state index in [0.29, 0.717) is 5.16 Å². The van der Waals surface area contributed by atoms with E-state index in [1.807, 2.05) is 78.2 Å². The van der Waals surface area contributed by atoms with E-state index in [4.69, 9.17) is 0 Å². The fourth-order valence-corrected chi connectivity index (χ4v) is 3.52. The molecular formula is C19H16N4OS. The van der Waals surface area contributed by atoms with E-state index in [0.717, 1.165) is 22.1 Å². The van der Waals surface area contributed by atoms with Crippen molar-refractivity contribution in [3.05, 3.63) is 66.9 Å². The van der Waals surface area contributed by atoms with E-state index >= 15 is 0 Å². The van der Waals surface area contributed by atoms with Crippen molar-refractivity contribution in [3.63, 3.8) is 0 Å². The van der Waals surface area contributed by atoms with Gasteiger partial charge in [0, 0.05) is 17.3 Å². The van der Waals surface area contributed by atoms with Gasteiger partial charge in [0.25, 0.3) is 0 Å². The number of hydrogen-bond donors (Lipinski definition) is 1. The quantitative estimate of drug-likeness (QED) is 0.566. The van der Waals surface area contributed by atoms with Gasteiger partial charge in [-0.25, -0.2) is 0 Å². The highest BCUT2D eigenvalue weighted by molar-refractivity contribution is 8.00. The van der Waals surface area contributed by atoms with Crippen LogP contribution in [0.5, 0.6) is 0 Å². The van der Waals surface area contributed by atoms with Gasteiger partial charge >= 0.3 is 0 Å². The topological polar surface area (TPSA) is 59.3 Å². The van der Waals surface area contributed by atoms with E-state index < -0.39 is 0 Å². The van der Waals surface area contributed by atoms with Crippen LogP contribution in [0.15, 0.2) is 72.0 Å². The summed E-state index contributed by atoms with van der Waals surface area (Å²) in [6, 6.07) is 19.6. The molecule has 0 saturated carbocycles. The molecule has 6 heteroatoms. The lowest BCUT2D eigenvalue weighted by molar-refractivity contribution is -0.115. The van der Waals surface area contributed by atoms with Crippen LogP contribution in [-0.2, 0) is 4.79 Å². The number of hydrogen-bond acceptors (Lipinski definition) is 4. The first-order chi connectivity index (χ1) is 12.2. The molecule has 0 bridgehead atoms. The number of aromatic nitrogens is 3. The Morgan fingerprint density at radius 1 is 1.04 bits per heavy atom. The zero-order valence-electron chi connectivity index (χ0n) is 13.6. The number of fused-ring (bicyclic) bond motifs is 2. The third-order valence-corrected chi connectivity index (χ3v) is 5.04. The molecule has 0 spiro atoms. The minimum Gasteiger partial charge on any atom is -0.325 e. The largest absolute Gasteiger partial charge is 0.325 e. The van der Waals surface area contributed by atoms with E-state index in [1.165, 1.54) is 11.8 Å². The van der Waals surface area contributed by atoms with Gasteiger partial charge in [0.05, 0.1) is 5.25 Å². The highest BCUT2D eigenvalue weighted by atomic mass is 32.2. The van der Waals surface area contributed by atoms with Crippen molar-refractivity contribution in [2.45, 2.75) is 17.3 Å². The normalized spacial score (nSPS) is 12.4. The van der Waals surface area contributed by atoms with Crippen LogP contribution < -0.4 is 5.32 Å². The second-order valence-corrected chi connectivity index (χ2v) is 7.00. The molecule has 4 rings (SSSR count). The first-order valence-electron chi connectivity index (χ1n) is 7.97. The van der Waals surface area contributed by atoms with Gasteiger partial charge in [-0.15, -0.1) is 10.2 Å². The van der Waals surface area contributed by atoms with Crippen molar-refractivity contribution in [3.8, 4) is 0 Å². The number of nitrogens with one attached hydrogen (secondary N) is 1. The number of thioether (sulfide) groups is 1. The van der Waals surface area contributed by atoms with Crippen LogP contribution in [0.3, 0.4) is 0 Å². The Morgan fingerprint density at radius 2 is 1.84 bits per heavy atom. The lowest BCUT2D eigenvalue weighted by atomic mass is 10.1. The number of carbonyl (C=O) groups excluding carboxylic acids is 1. The molecule has 5 nitrogen and oxygen atoms in total. The van der Waals surface area contributed by atoms with Crippen molar-refractivity contribution < 1.29 is 4.79 Å². The molecule has 0 aliphatic rings. The lowest BCUT2D eigenvalue weighted by Gasteiger charge is -2.12. The van der Waals surface area contributed by atoms with Crippen molar-refractivity contribution in [1.82, 2.24) is 14.6 Å². The summed E-state index contributed by atoms with van der Waals surface area (Å²) in [5, 5.41) is 13.9. The number of nitrogens with zero attached hydrogens (tertiary/aromatic N) is 3. The molecule has 124 valence electrons. The van der Waals surface area contributed by atoms with Gasteiger partial charge in [-0.2, -0.15) is 0 Å². The molecule has 1 unspecified atom stereocenters. The average molecular weight is 348 g/mol. The van der Waals surface area contributed by atoms with E-state index in [-0.39, 0.29) is 11.2 Å². The molecular weight excluding hydrogens is 332 g/mol. The van der Waals surface area contributed by atoms with Gasteiger partial charge in [-0.3, -0.25) is 9.20 Å². The van der Waals surface area contributed by atoms with E-state index in [9.17, 15) is 4.79 Å². The number of amides is 1. The zero-order valence-corrected chi connectivity index (χ0v) is 14.4. The first kappa shape index (κ1) is 15.7. The highest BCUT2D eigenvalue weighted by Crippen LogP contribution is 2.26. The standard InChI is InChI=1S/C19H16N4OS/c1-13(25-19-22-21-17-11-4-5-12-23(17)19)18(24)20-16-10-6-8-14-7-2-3-9-15(14)16/h2-13H,1H3,(H,20,24). The summed E-state index contributed by atoms with van der Waals surface area (Å²) in [6.07, 6.45) is 1.90. The van der Waals surface area contributed by atoms with Crippen molar-refractivity contribution in [2.24, 2.45) is 0 Å². The number of carbonyl (C=O) groups is 1. The highest BCUT2D eigenvalue weighted by Gasteiger charge is 2.18. The summed E-state index contributed by atoms with van der Waals surface area (Å²) in [5.41, 5.74) is 1.59. The average Bonchev–Trinajstić information content (AvgIpc) is 3.05. The van der Waals surface area contributed by atoms with Gasteiger partial charge in [-0.1, -0.05) is 54.2 Å². The maximum Gasteiger partial charge on any atom is 0.237 e. The third kappa shape index (κ3) is 3.08. The molecule has 2 heterocycles. The lowest BCUT2D eigenvalue weighted by Crippen LogP contribution is -2.22. The molecule has 0 fully saturated rings. The summed E-state index contributed by atoms with van der Waals surface area (Å²) in [7, 11) is 0. The van der Waals surface area contributed by atoms with Crippen LogP contribution in [0.1, 0.15) is 6.92 Å². The van der Waals surface area contributed by atoms with E-state index in [1.54, 1.807) is 0 Å². The zero-order chi connectivity index (χ0) is 17.2. The second-order valence-electron chi connectivity index (χ2n) is 5.69. The van der Waals surface area contributed by atoms with Crippen LogP contribution in [0.25, 0.3) is 16.4 Å². The molecule has 0 radical (unpaired) electrons. The van der Waals surface area contributed by atoms with Crippen molar-refractivity contribution in [1.29, 1.82) is 0 Å². The first-order valence-corrected chi connectivity index (χ1v) is 8.85. The number of rotatable bonds is 4. The Balaban J connectivity index is 1.54. The number of pyridine rings is 1. The number of anilines is 1. The molecule has 25 heavy (non-hydrogen) atoms. The SMILES string of the molecule is CC(Sc1nnc2ccccn12)C(=O)Nc1cccc2ccccc12. The van der Waals surface area contributed by atoms with Crippen LogP contribution in [0.4, 0.5) is 5.69 Å². The predicted molar refractivity (Wildman–Crippen MR) is 101 cm³/mol. The van der Waals surface area contributed by atoms with Crippen LogP contribution in [-0.4, -0.2) is 25.8 Å². The fourth-order valence-electron chi connectivity index (χ4n) is 2.68.